The molecule has 0 amide bonds. The maximum absolute atomic E-state index is 12.5. The number of carbonyl (C=O) groups is 1. The summed E-state index contributed by atoms with van der Waals surface area (Å²) in [6, 6.07) is 0. The molecular formula is C20H32O3. The molecule has 3 rings (SSSR count). The smallest absolute Gasteiger partial charge is 0.138 e. The van der Waals surface area contributed by atoms with Gasteiger partial charge in [0.1, 0.15) is 11.4 Å². The summed E-state index contributed by atoms with van der Waals surface area (Å²) in [5.41, 5.74) is -1.32. The molecule has 0 bridgehead atoms. The Morgan fingerprint density at radius 1 is 1.26 bits per heavy atom. The lowest BCUT2D eigenvalue weighted by Crippen LogP contribution is -2.58. The molecule has 1 heterocycles. The summed E-state index contributed by atoms with van der Waals surface area (Å²) in [6.07, 6.45) is 5.89. The van der Waals surface area contributed by atoms with Gasteiger partial charge in [0.2, 0.25) is 0 Å². The number of carbonyl (C=O) groups excluding carboxylic acids is 1. The molecule has 0 aromatic carbocycles. The van der Waals surface area contributed by atoms with E-state index >= 15 is 0 Å². The van der Waals surface area contributed by atoms with Crippen LogP contribution in [0.3, 0.4) is 0 Å². The highest BCUT2D eigenvalue weighted by Crippen LogP contribution is 2.65. The molecule has 0 aromatic heterocycles. The van der Waals surface area contributed by atoms with E-state index in [0.29, 0.717) is 24.0 Å². The number of hydrogen-bond acceptors (Lipinski definition) is 3. The summed E-state index contributed by atoms with van der Waals surface area (Å²) in [7, 11) is 0. The predicted octanol–water partition coefficient (Wildman–Crippen LogP) is 3.89. The van der Waals surface area contributed by atoms with Crippen LogP contribution in [-0.4, -0.2) is 28.2 Å². The first-order valence-electron chi connectivity index (χ1n) is 9.04. The third-order valence-electron chi connectivity index (χ3n) is 7.67. The van der Waals surface area contributed by atoms with Crippen LogP contribution in [0.2, 0.25) is 0 Å². The van der Waals surface area contributed by atoms with Crippen molar-refractivity contribution in [1.29, 1.82) is 0 Å². The van der Waals surface area contributed by atoms with Crippen LogP contribution >= 0.6 is 0 Å². The van der Waals surface area contributed by atoms with E-state index in [1.54, 1.807) is 13.0 Å². The molecule has 6 atom stereocenters. The van der Waals surface area contributed by atoms with E-state index in [-0.39, 0.29) is 22.5 Å². The van der Waals surface area contributed by atoms with Gasteiger partial charge < -0.3 is 9.84 Å². The van der Waals surface area contributed by atoms with Crippen molar-refractivity contribution >= 4 is 5.78 Å². The van der Waals surface area contributed by atoms with Gasteiger partial charge in [0, 0.05) is 11.8 Å². The summed E-state index contributed by atoms with van der Waals surface area (Å²) in [6.45, 7) is 14.4. The van der Waals surface area contributed by atoms with Gasteiger partial charge in [-0.3, -0.25) is 4.79 Å². The van der Waals surface area contributed by atoms with Crippen molar-refractivity contribution in [1.82, 2.24) is 0 Å². The van der Waals surface area contributed by atoms with Crippen molar-refractivity contribution < 1.29 is 14.6 Å². The molecule has 0 spiro atoms. The lowest BCUT2D eigenvalue weighted by Gasteiger charge is -2.59. The molecule has 0 unspecified atom stereocenters. The van der Waals surface area contributed by atoms with Crippen molar-refractivity contribution in [2.75, 3.05) is 0 Å². The minimum Gasteiger partial charge on any atom is -0.383 e. The van der Waals surface area contributed by atoms with Crippen LogP contribution in [0.1, 0.15) is 66.7 Å². The molecule has 1 saturated heterocycles. The Morgan fingerprint density at radius 2 is 1.91 bits per heavy atom. The highest BCUT2D eigenvalue weighted by atomic mass is 16.5. The van der Waals surface area contributed by atoms with E-state index in [1.165, 1.54) is 0 Å². The highest BCUT2D eigenvalue weighted by Gasteiger charge is 2.64. The molecule has 3 aliphatic rings. The summed E-state index contributed by atoms with van der Waals surface area (Å²) < 4.78 is 6.41. The summed E-state index contributed by atoms with van der Waals surface area (Å²) in [5.74, 6) is 1.21. The fourth-order valence-corrected chi connectivity index (χ4v) is 6.04. The fraction of sp³-hybridized carbons (Fsp3) is 0.850. The molecule has 0 aromatic rings. The van der Waals surface area contributed by atoms with Crippen molar-refractivity contribution in [2.24, 2.45) is 22.7 Å². The van der Waals surface area contributed by atoms with Crippen molar-refractivity contribution in [3.8, 4) is 0 Å². The van der Waals surface area contributed by atoms with Gasteiger partial charge in [-0.25, -0.2) is 0 Å². The Hall–Kier alpha value is -0.670. The van der Waals surface area contributed by atoms with E-state index in [0.717, 1.165) is 25.7 Å². The molecule has 2 saturated carbocycles. The number of hydrogen-bond donors (Lipinski definition) is 1. The van der Waals surface area contributed by atoms with Crippen molar-refractivity contribution in [3.63, 3.8) is 0 Å². The molecule has 23 heavy (non-hydrogen) atoms. The van der Waals surface area contributed by atoms with Gasteiger partial charge in [-0.1, -0.05) is 26.8 Å². The van der Waals surface area contributed by atoms with Gasteiger partial charge in [0.05, 0.1) is 11.7 Å². The van der Waals surface area contributed by atoms with Gasteiger partial charge in [-0.05, 0) is 56.8 Å². The first kappa shape index (κ1) is 17.2. The maximum atomic E-state index is 12.5. The fourth-order valence-electron chi connectivity index (χ4n) is 6.04. The third-order valence-corrected chi connectivity index (χ3v) is 7.67. The molecule has 2 aliphatic carbocycles. The Morgan fingerprint density at radius 3 is 2.52 bits per heavy atom. The molecule has 3 nitrogen and oxygen atoms in total. The number of Topliss-reactive ketones (excluding diaryl/α,β-unsaturated/α-hetero) is 1. The molecule has 130 valence electrons. The first-order chi connectivity index (χ1) is 10.5. The average Bonchev–Trinajstić information content (AvgIpc) is 2.83. The minimum absolute atomic E-state index is 0.108. The lowest BCUT2D eigenvalue weighted by molar-refractivity contribution is -0.175. The van der Waals surface area contributed by atoms with Gasteiger partial charge in [-0.15, -0.1) is 6.58 Å². The second kappa shape index (κ2) is 4.92. The summed E-state index contributed by atoms with van der Waals surface area (Å²) in [5, 5.41) is 10.6. The average molecular weight is 320 g/mol. The van der Waals surface area contributed by atoms with Crippen LogP contribution < -0.4 is 0 Å². The zero-order valence-electron chi connectivity index (χ0n) is 15.3. The van der Waals surface area contributed by atoms with Crippen LogP contribution in [0.4, 0.5) is 0 Å². The van der Waals surface area contributed by atoms with E-state index in [4.69, 9.17) is 4.74 Å². The molecule has 1 N–H and O–H groups in total. The predicted molar refractivity (Wildman–Crippen MR) is 91.1 cm³/mol. The molecule has 0 radical (unpaired) electrons. The Bertz CT molecular complexity index is 535. The lowest BCUT2D eigenvalue weighted by atomic mass is 9.45. The first-order valence-corrected chi connectivity index (χ1v) is 9.04. The van der Waals surface area contributed by atoms with E-state index in [2.05, 4.69) is 34.3 Å². The molecular weight excluding hydrogens is 288 g/mol. The number of ketones is 1. The van der Waals surface area contributed by atoms with E-state index in [9.17, 15) is 9.90 Å². The summed E-state index contributed by atoms with van der Waals surface area (Å²) in [4.78, 5) is 12.5. The zero-order valence-corrected chi connectivity index (χ0v) is 15.3. The van der Waals surface area contributed by atoms with Gasteiger partial charge in [-0.2, -0.15) is 0 Å². The number of rotatable bonds is 2. The van der Waals surface area contributed by atoms with Gasteiger partial charge >= 0.3 is 0 Å². The third kappa shape index (κ3) is 2.26. The highest BCUT2D eigenvalue weighted by molar-refractivity contribution is 5.85. The van der Waals surface area contributed by atoms with E-state index in [1.807, 2.05) is 0 Å². The summed E-state index contributed by atoms with van der Waals surface area (Å²) >= 11 is 0. The zero-order chi connectivity index (χ0) is 17.3. The standard InChI is InChI=1S/C20H32O3/c1-7-19(5,22)16-12-14-18(4)10-9-15(21)17(2,3)13(18)8-11-20(14,6)23-16/h7,13-14,16,22H,1,8-12H2,2-6H3/t13-,14+,16+,18-,19+,20+/m0/s1. The largest absolute Gasteiger partial charge is 0.383 e. The second-order valence-corrected chi connectivity index (χ2v) is 9.38. The van der Waals surface area contributed by atoms with Crippen molar-refractivity contribution in [2.45, 2.75) is 84.0 Å². The number of fused-ring (bicyclic) bond motifs is 3. The van der Waals surface area contributed by atoms with Gasteiger partial charge in [0.15, 0.2) is 0 Å². The monoisotopic (exact) mass is 320 g/mol. The molecule has 3 heteroatoms. The van der Waals surface area contributed by atoms with Crippen LogP contribution in [0.5, 0.6) is 0 Å². The number of ether oxygens (including phenoxy) is 1. The molecule has 3 fully saturated rings. The normalized spacial score (nSPS) is 48.3. The minimum atomic E-state index is -0.994. The Kier molecular flexibility index (Phi) is 3.67. The second-order valence-electron chi connectivity index (χ2n) is 9.38. The van der Waals surface area contributed by atoms with Crippen LogP contribution in [0, 0.1) is 22.7 Å². The SMILES string of the molecule is C=C[C@@](C)(O)[C@H]1C[C@@H]2[C@@]3(C)CCC(=O)C(C)(C)[C@@H]3CC[C@@]2(C)O1. The van der Waals surface area contributed by atoms with Crippen LogP contribution in [-0.2, 0) is 9.53 Å². The van der Waals surface area contributed by atoms with Crippen molar-refractivity contribution in [3.05, 3.63) is 12.7 Å². The van der Waals surface area contributed by atoms with Crippen LogP contribution in [0.25, 0.3) is 0 Å². The maximum Gasteiger partial charge on any atom is 0.138 e. The number of aliphatic hydroxyl groups is 1. The van der Waals surface area contributed by atoms with Gasteiger partial charge in [0.25, 0.3) is 0 Å². The quantitative estimate of drug-likeness (QED) is 0.785. The Labute approximate surface area is 140 Å². The molecule has 1 aliphatic heterocycles. The van der Waals surface area contributed by atoms with E-state index < -0.39 is 5.60 Å². The van der Waals surface area contributed by atoms with Crippen LogP contribution in [0.15, 0.2) is 12.7 Å². The topological polar surface area (TPSA) is 46.5 Å². The Balaban J connectivity index is 1.97.